The van der Waals surface area contributed by atoms with Crippen molar-refractivity contribution < 1.29 is 19.1 Å². The number of carbonyl (C=O) groups is 3. The molecule has 3 aromatic rings. The fraction of sp³-hybridized carbons (Fsp3) is 0.158. The Morgan fingerprint density at radius 3 is 2.58 bits per heavy atom. The van der Waals surface area contributed by atoms with Gasteiger partial charge in [0, 0.05) is 30.1 Å². The summed E-state index contributed by atoms with van der Waals surface area (Å²) >= 11 is 0. The van der Waals surface area contributed by atoms with E-state index in [-0.39, 0.29) is 24.0 Å². The van der Waals surface area contributed by atoms with Crippen molar-refractivity contribution in [2.75, 3.05) is 11.9 Å². The van der Waals surface area contributed by atoms with E-state index >= 15 is 0 Å². The number of ketones is 1. The van der Waals surface area contributed by atoms with Gasteiger partial charge in [0.15, 0.2) is 18.1 Å². The summed E-state index contributed by atoms with van der Waals surface area (Å²) in [6, 6.07) is 11.8. The molecule has 0 saturated carbocycles. The second-order valence-electron chi connectivity index (χ2n) is 5.57. The Bertz CT molecular complexity index is 927. The second kappa shape index (κ2) is 7.60. The molecule has 0 radical (unpaired) electrons. The maximum atomic E-state index is 12.2. The quantitative estimate of drug-likeness (QED) is 0.545. The largest absolute Gasteiger partial charge is 0.453 e. The highest BCUT2D eigenvalue weighted by Gasteiger charge is 2.15. The van der Waals surface area contributed by atoms with Gasteiger partial charge in [-0.15, -0.1) is 0 Å². The normalized spacial score (nSPS) is 10.5. The van der Waals surface area contributed by atoms with E-state index < -0.39 is 5.97 Å². The summed E-state index contributed by atoms with van der Waals surface area (Å²) in [4.78, 5) is 39.7. The van der Waals surface area contributed by atoms with Crippen LogP contribution in [0.4, 0.5) is 5.69 Å². The van der Waals surface area contributed by atoms with Crippen LogP contribution in [0.5, 0.6) is 0 Å². The first-order valence-electron chi connectivity index (χ1n) is 8.11. The monoisotopic (exact) mass is 351 g/mol. The lowest BCUT2D eigenvalue weighted by Crippen LogP contribution is -2.15. The van der Waals surface area contributed by atoms with Crippen LogP contribution in [0.25, 0.3) is 5.65 Å². The average molecular weight is 351 g/mol. The van der Waals surface area contributed by atoms with E-state index in [0.29, 0.717) is 23.3 Å². The molecule has 0 aliphatic heterocycles. The van der Waals surface area contributed by atoms with E-state index in [9.17, 15) is 14.4 Å². The number of imidazole rings is 1. The van der Waals surface area contributed by atoms with Gasteiger partial charge in [-0.1, -0.05) is 13.0 Å². The number of benzene rings is 1. The van der Waals surface area contributed by atoms with Crippen LogP contribution in [0, 0.1) is 0 Å². The number of carbonyl (C=O) groups excluding carboxylic acids is 3. The van der Waals surface area contributed by atoms with Gasteiger partial charge >= 0.3 is 5.97 Å². The van der Waals surface area contributed by atoms with E-state index in [0.717, 1.165) is 0 Å². The molecular weight excluding hydrogens is 334 g/mol. The number of nitrogens with one attached hydrogen (secondary N) is 1. The lowest BCUT2D eigenvalue weighted by Gasteiger charge is -2.05. The van der Waals surface area contributed by atoms with Crippen LogP contribution in [0.2, 0.25) is 0 Å². The van der Waals surface area contributed by atoms with Crippen molar-refractivity contribution in [3.63, 3.8) is 0 Å². The highest BCUT2D eigenvalue weighted by atomic mass is 16.5. The predicted octanol–water partition coefficient (Wildman–Crippen LogP) is 2.72. The zero-order chi connectivity index (χ0) is 18.5. The lowest BCUT2D eigenvalue weighted by atomic mass is 10.1. The maximum Gasteiger partial charge on any atom is 0.359 e. The number of nitrogens with zero attached hydrogens (tertiary/aromatic N) is 2. The number of pyridine rings is 1. The van der Waals surface area contributed by atoms with Gasteiger partial charge in [0.1, 0.15) is 5.65 Å². The molecule has 0 spiro atoms. The van der Waals surface area contributed by atoms with Gasteiger partial charge in [-0.3, -0.25) is 9.59 Å². The van der Waals surface area contributed by atoms with Crippen molar-refractivity contribution in [1.29, 1.82) is 0 Å². The molecular formula is C19H17N3O4. The molecule has 0 aliphatic carbocycles. The number of ether oxygens (including phenoxy) is 1. The Hall–Kier alpha value is -3.48. The number of anilines is 1. The van der Waals surface area contributed by atoms with Gasteiger partial charge < -0.3 is 14.5 Å². The number of Topliss-reactive ketones (excluding diaryl/α,β-unsaturated/α-hetero) is 1. The molecule has 0 bridgehead atoms. The molecule has 2 aromatic heterocycles. The topological polar surface area (TPSA) is 89.8 Å². The van der Waals surface area contributed by atoms with Gasteiger partial charge in [0.05, 0.1) is 0 Å². The van der Waals surface area contributed by atoms with Crippen LogP contribution in [0.3, 0.4) is 0 Å². The standard InChI is InChI=1S/C19H17N3O4/c1-2-18(24)20-14-8-6-13(7-9-14)16(23)12-26-19(25)15-11-22-10-4-3-5-17(22)21-15/h3-11H,2,12H2,1H3,(H,20,24). The molecule has 0 unspecified atom stereocenters. The van der Waals surface area contributed by atoms with Crippen LogP contribution >= 0.6 is 0 Å². The van der Waals surface area contributed by atoms with E-state index in [1.54, 1.807) is 54.0 Å². The highest BCUT2D eigenvalue weighted by Crippen LogP contribution is 2.11. The number of hydrogen-bond donors (Lipinski definition) is 1. The average Bonchev–Trinajstić information content (AvgIpc) is 3.10. The van der Waals surface area contributed by atoms with Crippen molar-refractivity contribution in [1.82, 2.24) is 9.38 Å². The fourth-order valence-electron chi connectivity index (χ4n) is 2.31. The van der Waals surface area contributed by atoms with E-state index in [2.05, 4.69) is 10.3 Å². The summed E-state index contributed by atoms with van der Waals surface area (Å²) < 4.78 is 6.75. The van der Waals surface area contributed by atoms with Gasteiger partial charge in [0.25, 0.3) is 0 Å². The molecule has 0 aliphatic rings. The van der Waals surface area contributed by atoms with Crippen LogP contribution in [0.1, 0.15) is 34.2 Å². The SMILES string of the molecule is CCC(=O)Nc1ccc(C(=O)COC(=O)c2cn3ccccc3n2)cc1. The van der Waals surface area contributed by atoms with Crippen molar-refractivity contribution in [2.45, 2.75) is 13.3 Å². The first-order valence-corrected chi connectivity index (χ1v) is 8.11. The third-order valence-electron chi connectivity index (χ3n) is 3.72. The van der Waals surface area contributed by atoms with Crippen molar-refractivity contribution in [3.05, 3.63) is 66.1 Å². The van der Waals surface area contributed by atoms with Gasteiger partial charge in [-0.25, -0.2) is 9.78 Å². The predicted molar refractivity (Wildman–Crippen MR) is 95.2 cm³/mol. The Morgan fingerprint density at radius 2 is 1.88 bits per heavy atom. The Balaban J connectivity index is 1.59. The first kappa shape index (κ1) is 17.3. The number of hydrogen-bond acceptors (Lipinski definition) is 5. The number of fused-ring (bicyclic) bond motifs is 1. The Kier molecular flexibility index (Phi) is 5.07. The molecule has 0 fully saturated rings. The van der Waals surface area contributed by atoms with E-state index in [1.807, 2.05) is 12.1 Å². The fourth-order valence-corrected chi connectivity index (χ4v) is 2.31. The molecule has 3 rings (SSSR count). The van der Waals surface area contributed by atoms with Crippen LogP contribution in [-0.2, 0) is 9.53 Å². The van der Waals surface area contributed by atoms with E-state index in [4.69, 9.17) is 4.74 Å². The minimum absolute atomic E-state index is 0.106. The zero-order valence-corrected chi connectivity index (χ0v) is 14.1. The minimum atomic E-state index is -0.658. The van der Waals surface area contributed by atoms with Gasteiger partial charge in [-0.05, 0) is 36.4 Å². The third-order valence-corrected chi connectivity index (χ3v) is 3.72. The van der Waals surface area contributed by atoms with Crippen molar-refractivity contribution in [2.24, 2.45) is 0 Å². The maximum absolute atomic E-state index is 12.2. The first-order chi connectivity index (χ1) is 12.6. The number of aromatic nitrogens is 2. The smallest absolute Gasteiger partial charge is 0.359 e. The summed E-state index contributed by atoms with van der Waals surface area (Å²) in [5.74, 6) is -1.10. The number of rotatable bonds is 6. The molecule has 26 heavy (non-hydrogen) atoms. The molecule has 7 nitrogen and oxygen atoms in total. The summed E-state index contributed by atoms with van der Waals surface area (Å²) in [5, 5.41) is 2.70. The Labute approximate surface area is 149 Å². The third kappa shape index (κ3) is 3.94. The summed E-state index contributed by atoms with van der Waals surface area (Å²) in [6.45, 7) is 1.37. The summed E-state index contributed by atoms with van der Waals surface area (Å²) in [5.41, 5.74) is 1.76. The molecule has 1 N–H and O–H groups in total. The molecule has 1 aromatic carbocycles. The van der Waals surface area contributed by atoms with Gasteiger partial charge in [0.2, 0.25) is 5.91 Å². The van der Waals surface area contributed by atoms with Crippen LogP contribution in [0.15, 0.2) is 54.9 Å². The number of esters is 1. The van der Waals surface area contributed by atoms with Crippen molar-refractivity contribution in [3.8, 4) is 0 Å². The van der Waals surface area contributed by atoms with Crippen LogP contribution < -0.4 is 5.32 Å². The zero-order valence-electron chi connectivity index (χ0n) is 14.1. The molecule has 0 saturated heterocycles. The highest BCUT2D eigenvalue weighted by molar-refractivity contribution is 5.99. The summed E-state index contributed by atoms with van der Waals surface area (Å²) in [6.07, 6.45) is 3.69. The summed E-state index contributed by atoms with van der Waals surface area (Å²) in [7, 11) is 0. The van der Waals surface area contributed by atoms with Gasteiger partial charge in [-0.2, -0.15) is 0 Å². The number of amides is 1. The molecule has 1 amide bonds. The molecule has 132 valence electrons. The molecule has 7 heteroatoms. The molecule has 0 atom stereocenters. The van der Waals surface area contributed by atoms with Crippen molar-refractivity contribution >= 4 is 29.0 Å². The Morgan fingerprint density at radius 1 is 1.12 bits per heavy atom. The second-order valence-corrected chi connectivity index (χ2v) is 5.57. The minimum Gasteiger partial charge on any atom is -0.453 e. The lowest BCUT2D eigenvalue weighted by molar-refractivity contribution is -0.115. The van der Waals surface area contributed by atoms with Crippen LogP contribution in [-0.4, -0.2) is 33.7 Å². The van der Waals surface area contributed by atoms with E-state index in [1.165, 1.54) is 0 Å². The molecule has 2 heterocycles.